The second-order valence-corrected chi connectivity index (χ2v) is 8.02. The molecule has 1 aromatic heterocycles. The van der Waals surface area contributed by atoms with Crippen LogP contribution in [0.25, 0.3) is 0 Å². The Morgan fingerprint density at radius 1 is 1.60 bits per heavy atom. The molecule has 0 amide bonds. The van der Waals surface area contributed by atoms with Crippen LogP contribution in [0, 0.1) is 0 Å². The van der Waals surface area contributed by atoms with E-state index in [1.165, 1.54) is 4.31 Å². The first-order valence-electron chi connectivity index (χ1n) is 6.86. The van der Waals surface area contributed by atoms with Crippen LogP contribution in [0.2, 0.25) is 0 Å². The summed E-state index contributed by atoms with van der Waals surface area (Å²) < 4.78 is 26.8. The molecule has 1 aromatic rings. The molecular weight excluding hydrogens is 296 g/mol. The highest BCUT2D eigenvalue weighted by atomic mass is 32.2. The van der Waals surface area contributed by atoms with Crippen molar-refractivity contribution in [2.45, 2.75) is 37.4 Å². The Kier molecular flexibility index (Phi) is 5.48. The van der Waals surface area contributed by atoms with E-state index < -0.39 is 10.0 Å². The second-order valence-electron chi connectivity index (χ2n) is 4.94. The fourth-order valence-corrected chi connectivity index (χ4v) is 5.04. The van der Waals surface area contributed by atoms with Crippen LogP contribution in [0.3, 0.4) is 0 Å². The van der Waals surface area contributed by atoms with Crippen molar-refractivity contribution in [3.05, 3.63) is 11.8 Å². The molecule has 1 unspecified atom stereocenters. The zero-order valence-corrected chi connectivity index (χ0v) is 13.6. The van der Waals surface area contributed by atoms with Crippen molar-refractivity contribution in [2.75, 3.05) is 25.1 Å². The van der Waals surface area contributed by atoms with Crippen LogP contribution >= 0.6 is 11.8 Å². The molecule has 1 fully saturated rings. The number of H-pyrrole nitrogens is 1. The number of nitrogens with zero attached hydrogens (tertiary/aromatic N) is 2. The zero-order chi connectivity index (χ0) is 14.6. The molecule has 0 spiro atoms. The van der Waals surface area contributed by atoms with Gasteiger partial charge in [0.25, 0.3) is 10.0 Å². The van der Waals surface area contributed by atoms with Gasteiger partial charge in [0, 0.05) is 31.0 Å². The zero-order valence-electron chi connectivity index (χ0n) is 11.9. The van der Waals surface area contributed by atoms with E-state index >= 15 is 0 Å². The number of sulfonamides is 1. The number of rotatable bonds is 7. The van der Waals surface area contributed by atoms with Gasteiger partial charge in [0.1, 0.15) is 0 Å². The second kappa shape index (κ2) is 6.93. The summed E-state index contributed by atoms with van der Waals surface area (Å²) in [5.74, 6) is 1.89. The van der Waals surface area contributed by atoms with Crippen LogP contribution in [0.15, 0.2) is 11.2 Å². The van der Waals surface area contributed by atoms with Crippen molar-refractivity contribution in [2.24, 2.45) is 0 Å². The Balaban J connectivity index is 2.14. The third-order valence-electron chi connectivity index (χ3n) is 3.48. The summed E-state index contributed by atoms with van der Waals surface area (Å²) in [6.07, 6.45) is 3.52. The topological polar surface area (TPSA) is 78.1 Å². The number of nitrogens with one attached hydrogen (secondary N) is 2. The quantitative estimate of drug-likeness (QED) is 0.734. The number of hydrogen-bond donors (Lipinski definition) is 2. The standard InChI is InChI=1S/C12H22N4O2S2/c1-3-5-13-7-10-8-14-15-12(10)20(17,18)16(2)11-4-6-19-9-11/h8,11,13H,3-7,9H2,1-2H3,(H,14,15). The van der Waals surface area contributed by atoms with Crippen LogP contribution in [0.4, 0.5) is 0 Å². The van der Waals surface area contributed by atoms with Crippen molar-refractivity contribution in [3.8, 4) is 0 Å². The fourth-order valence-electron chi connectivity index (χ4n) is 2.20. The maximum Gasteiger partial charge on any atom is 0.260 e. The molecule has 20 heavy (non-hydrogen) atoms. The van der Waals surface area contributed by atoms with Crippen molar-refractivity contribution < 1.29 is 8.42 Å². The lowest BCUT2D eigenvalue weighted by Crippen LogP contribution is -2.37. The van der Waals surface area contributed by atoms with E-state index in [2.05, 4.69) is 22.4 Å². The smallest absolute Gasteiger partial charge is 0.260 e. The Bertz CT molecular complexity index is 523. The maximum atomic E-state index is 12.7. The predicted octanol–water partition coefficient (Wildman–Crippen LogP) is 1.04. The van der Waals surface area contributed by atoms with E-state index in [9.17, 15) is 8.42 Å². The molecule has 1 atom stereocenters. The molecule has 0 aliphatic carbocycles. The summed E-state index contributed by atoms with van der Waals surface area (Å²) in [6, 6.07) is 0.0877. The fraction of sp³-hybridized carbons (Fsp3) is 0.750. The molecular formula is C12H22N4O2S2. The summed E-state index contributed by atoms with van der Waals surface area (Å²) in [5, 5.41) is 9.99. The first-order chi connectivity index (χ1) is 9.57. The highest BCUT2D eigenvalue weighted by molar-refractivity contribution is 7.99. The van der Waals surface area contributed by atoms with Gasteiger partial charge in [0.15, 0.2) is 5.03 Å². The van der Waals surface area contributed by atoms with Gasteiger partial charge in [0.05, 0.1) is 6.20 Å². The van der Waals surface area contributed by atoms with Gasteiger partial charge in [-0.1, -0.05) is 6.92 Å². The van der Waals surface area contributed by atoms with Gasteiger partial charge < -0.3 is 5.32 Å². The van der Waals surface area contributed by atoms with Gasteiger partial charge in [0.2, 0.25) is 0 Å². The number of aromatic amines is 1. The lowest BCUT2D eigenvalue weighted by molar-refractivity contribution is 0.392. The van der Waals surface area contributed by atoms with E-state index in [0.29, 0.717) is 12.1 Å². The molecule has 1 aliphatic rings. The summed E-state index contributed by atoms with van der Waals surface area (Å²) in [7, 11) is -1.82. The molecule has 8 heteroatoms. The minimum Gasteiger partial charge on any atom is -0.313 e. The van der Waals surface area contributed by atoms with E-state index in [1.54, 1.807) is 25.0 Å². The van der Waals surface area contributed by atoms with Crippen LogP contribution in [-0.4, -0.2) is 54.1 Å². The molecule has 0 radical (unpaired) electrons. The van der Waals surface area contributed by atoms with Gasteiger partial charge in [-0.2, -0.15) is 21.2 Å². The van der Waals surface area contributed by atoms with Crippen LogP contribution in [0.5, 0.6) is 0 Å². The Morgan fingerprint density at radius 3 is 3.05 bits per heavy atom. The first-order valence-corrected chi connectivity index (χ1v) is 9.45. The molecule has 2 heterocycles. The Morgan fingerprint density at radius 2 is 2.40 bits per heavy atom. The van der Waals surface area contributed by atoms with Crippen molar-refractivity contribution in [1.82, 2.24) is 19.8 Å². The lowest BCUT2D eigenvalue weighted by atomic mass is 10.3. The molecule has 114 valence electrons. The van der Waals surface area contributed by atoms with Gasteiger partial charge in [-0.05, 0) is 25.1 Å². The molecule has 1 aliphatic heterocycles. The van der Waals surface area contributed by atoms with Crippen molar-refractivity contribution >= 4 is 21.8 Å². The van der Waals surface area contributed by atoms with Crippen LogP contribution in [0.1, 0.15) is 25.3 Å². The maximum absolute atomic E-state index is 12.7. The van der Waals surface area contributed by atoms with E-state index in [4.69, 9.17) is 0 Å². The normalized spacial score (nSPS) is 19.9. The van der Waals surface area contributed by atoms with Gasteiger partial charge >= 0.3 is 0 Å². The number of aromatic nitrogens is 2. The molecule has 0 bridgehead atoms. The van der Waals surface area contributed by atoms with Gasteiger partial charge in [-0.15, -0.1) is 0 Å². The molecule has 1 saturated heterocycles. The van der Waals surface area contributed by atoms with E-state index in [1.807, 2.05) is 0 Å². The summed E-state index contributed by atoms with van der Waals surface area (Å²) in [6.45, 7) is 3.46. The van der Waals surface area contributed by atoms with Crippen LogP contribution < -0.4 is 5.32 Å². The summed E-state index contributed by atoms with van der Waals surface area (Å²) in [4.78, 5) is 0. The van der Waals surface area contributed by atoms with E-state index in [-0.39, 0.29) is 11.1 Å². The predicted molar refractivity (Wildman–Crippen MR) is 81.3 cm³/mol. The minimum atomic E-state index is -3.48. The largest absolute Gasteiger partial charge is 0.313 e. The lowest BCUT2D eigenvalue weighted by Gasteiger charge is -2.22. The van der Waals surface area contributed by atoms with E-state index in [0.717, 1.165) is 30.9 Å². The first kappa shape index (κ1) is 15.8. The number of hydrogen-bond acceptors (Lipinski definition) is 5. The highest BCUT2D eigenvalue weighted by Crippen LogP contribution is 2.26. The molecule has 6 nitrogen and oxygen atoms in total. The Hall–Kier alpha value is -0.570. The third-order valence-corrected chi connectivity index (χ3v) is 6.55. The monoisotopic (exact) mass is 318 g/mol. The van der Waals surface area contributed by atoms with Crippen molar-refractivity contribution in [3.63, 3.8) is 0 Å². The highest BCUT2D eigenvalue weighted by Gasteiger charge is 2.32. The summed E-state index contributed by atoms with van der Waals surface area (Å²) >= 11 is 1.80. The van der Waals surface area contributed by atoms with Crippen LogP contribution in [-0.2, 0) is 16.6 Å². The molecule has 0 aromatic carbocycles. The van der Waals surface area contributed by atoms with Crippen molar-refractivity contribution in [1.29, 1.82) is 0 Å². The minimum absolute atomic E-state index is 0.0877. The molecule has 0 saturated carbocycles. The average molecular weight is 318 g/mol. The summed E-state index contributed by atoms with van der Waals surface area (Å²) in [5.41, 5.74) is 0.705. The molecule has 2 rings (SSSR count). The third kappa shape index (κ3) is 3.36. The number of thioether (sulfide) groups is 1. The molecule has 2 N–H and O–H groups in total. The van der Waals surface area contributed by atoms with Gasteiger partial charge in [-0.3, -0.25) is 5.10 Å². The Labute approximate surface area is 124 Å². The SMILES string of the molecule is CCCNCc1cn[nH]c1S(=O)(=O)N(C)C1CCSC1. The average Bonchev–Trinajstić information content (AvgIpc) is 3.09. The van der Waals surface area contributed by atoms with Gasteiger partial charge in [-0.25, -0.2) is 8.42 Å².